The van der Waals surface area contributed by atoms with E-state index < -0.39 is 23.9 Å². The largest absolute Gasteiger partial charge is 0.476 e. The van der Waals surface area contributed by atoms with E-state index in [1.165, 1.54) is 30.6 Å². The van der Waals surface area contributed by atoms with Crippen molar-refractivity contribution in [2.45, 2.75) is 38.7 Å². The van der Waals surface area contributed by atoms with Crippen molar-refractivity contribution in [3.05, 3.63) is 63.4 Å². The number of terminal acetylenes is 2. The van der Waals surface area contributed by atoms with Crippen LogP contribution < -0.4 is 9.64 Å². The molecule has 184 valence electrons. The van der Waals surface area contributed by atoms with Crippen molar-refractivity contribution in [2.24, 2.45) is 0 Å². The summed E-state index contributed by atoms with van der Waals surface area (Å²) in [5, 5.41) is 0.154. The van der Waals surface area contributed by atoms with Gasteiger partial charge in [-0.25, -0.2) is 9.69 Å². The summed E-state index contributed by atoms with van der Waals surface area (Å²) in [6.07, 6.45) is 14.7. The summed E-state index contributed by atoms with van der Waals surface area (Å²) in [4.78, 5) is 45.1. The summed E-state index contributed by atoms with van der Waals surface area (Å²) >= 11 is 12.8. The van der Waals surface area contributed by atoms with Gasteiger partial charge in [-0.1, -0.05) is 35.0 Å². The zero-order valence-corrected chi connectivity index (χ0v) is 20.9. The number of imide groups is 1. The van der Waals surface area contributed by atoms with Crippen molar-refractivity contribution < 1.29 is 23.9 Å². The van der Waals surface area contributed by atoms with Crippen molar-refractivity contribution in [2.75, 3.05) is 11.5 Å². The molecular weight excluding hydrogens is 503 g/mol. The minimum atomic E-state index is -0.726. The topological polar surface area (TPSA) is 85.8 Å². The maximum Gasteiger partial charge on any atom is 0.335 e. The molecule has 2 aromatic rings. The summed E-state index contributed by atoms with van der Waals surface area (Å²) < 4.78 is 10.7. The van der Waals surface area contributed by atoms with Crippen LogP contribution in [0, 0.1) is 24.7 Å². The Morgan fingerprint density at radius 2 is 1.83 bits per heavy atom. The molecule has 3 rings (SSSR count). The van der Waals surface area contributed by atoms with Gasteiger partial charge in [-0.2, -0.15) is 0 Å². The maximum atomic E-state index is 13.9. The molecule has 1 heterocycles. The molecule has 1 aliphatic rings. The first-order valence-electron chi connectivity index (χ1n) is 11.0. The third kappa shape index (κ3) is 6.07. The van der Waals surface area contributed by atoms with Gasteiger partial charge in [-0.3, -0.25) is 14.6 Å². The Balaban J connectivity index is 2.17. The van der Waals surface area contributed by atoms with E-state index in [-0.39, 0.29) is 51.2 Å². The van der Waals surface area contributed by atoms with Crippen molar-refractivity contribution in [1.82, 2.24) is 4.98 Å². The Morgan fingerprint density at radius 3 is 2.47 bits per heavy atom. The summed E-state index contributed by atoms with van der Waals surface area (Å²) in [7, 11) is 0. The third-order valence-corrected chi connectivity index (χ3v) is 5.95. The van der Waals surface area contributed by atoms with Crippen LogP contribution in [0.3, 0.4) is 0 Å². The second kappa shape index (κ2) is 12.3. The minimum Gasteiger partial charge on any atom is -0.476 e. The molecule has 1 unspecified atom stereocenters. The summed E-state index contributed by atoms with van der Waals surface area (Å²) in [6.45, 7) is 1.40. The minimum absolute atomic E-state index is 0.00792. The first-order valence-corrected chi connectivity index (χ1v) is 11.8. The highest BCUT2D eigenvalue weighted by Gasteiger charge is 2.34. The van der Waals surface area contributed by atoms with Crippen LogP contribution in [0.1, 0.15) is 43.0 Å². The Morgan fingerprint density at radius 1 is 1.11 bits per heavy atom. The van der Waals surface area contributed by atoms with E-state index in [0.717, 1.165) is 4.90 Å². The number of aromatic nitrogens is 1. The van der Waals surface area contributed by atoms with Crippen LogP contribution in [-0.4, -0.2) is 35.5 Å². The van der Waals surface area contributed by atoms with Crippen molar-refractivity contribution in [1.29, 1.82) is 0 Å². The zero-order chi connectivity index (χ0) is 26.2. The number of nitrogens with zero attached hydrogens (tertiary/aromatic N) is 2. The second-order valence-electron chi connectivity index (χ2n) is 7.79. The molecule has 7 nitrogen and oxygen atoms in total. The number of carbonyl (C=O) groups is 3. The van der Waals surface area contributed by atoms with Crippen LogP contribution in [0.5, 0.6) is 5.75 Å². The molecule has 1 aromatic carbocycles. The Bertz CT molecular complexity index is 1290. The van der Waals surface area contributed by atoms with Crippen LogP contribution in [0.15, 0.2) is 47.8 Å². The van der Waals surface area contributed by atoms with E-state index in [1.54, 1.807) is 13.0 Å². The molecule has 9 heteroatoms. The summed E-state index contributed by atoms with van der Waals surface area (Å²) in [5.41, 5.74) is 0.455. The molecule has 0 fully saturated rings. The van der Waals surface area contributed by atoms with Gasteiger partial charge in [-0.05, 0) is 50.8 Å². The second-order valence-corrected chi connectivity index (χ2v) is 8.61. The van der Waals surface area contributed by atoms with E-state index in [0.29, 0.717) is 19.3 Å². The number of rotatable bonds is 7. The van der Waals surface area contributed by atoms with E-state index in [1.807, 2.05) is 0 Å². The SMILES string of the molecule is C#CCOC(=O)C1=C(C(=O)N(C(=O)c2cccnc2)c2cc(OC(C)C#C)c(Cl)cc2Cl)CCCC1. The van der Waals surface area contributed by atoms with E-state index in [4.69, 9.17) is 45.5 Å². The van der Waals surface area contributed by atoms with Gasteiger partial charge < -0.3 is 9.47 Å². The maximum absolute atomic E-state index is 13.9. The molecule has 0 spiro atoms. The summed E-state index contributed by atoms with van der Waals surface area (Å²) in [5.74, 6) is 2.65. The molecule has 0 bridgehead atoms. The number of hydrogen-bond donors (Lipinski definition) is 0. The molecule has 0 N–H and O–H groups in total. The molecule has 0 aliphatic heterocycles. The molecular formula is C27H22Cl2N2O5. The molecule has 36 heavy (non-hydrogen) atoms. The predicted molar refractivity (Wildman–Crippen MR) is 137 cm³/mol. The lowest BCUT2D eigenvalue weighted by Gasteiger charge is -2.27. The number of amides is 2. The molecule has 2 amide bonds. The van der Waals surface area contributed by atoms with Crippen LogP contribution in [-0.2, 0) is 14.3 Å². The van der Waals surface area contributed by atoms with Gasteiger partial charge in [0.2, 0.25) is 0 Å². The van der Waals surface area contributed by atoms with Crippen LogP contribution in [0.2, 0.25) is 10.0 Å². The summed E-state index contributed by atoms with van der Waals surface area (Å²) in [6, 6.07) is 5.79. The lowest BCUT2D eigenvalue weighted by atomic mass is 9.90. The van der Waals surface area contributed by atoms with Crippen LogP contribution >= 0.6 is 23.2 Å². The molecule has 1 aliphatic carbocycles. The number of anilines is 1. The Hall–Kier alpha value is -3.78. The van der Waals surface area contributed by atoms with E-state index >= 15 is 0 Å². The Labute approximate surface area is 219 Å². The first kappa shape index (κ1) is 26.8. The van der Waals surface area contributed by atoms with Crippen LogP contribution in [0.4, 0.5) is 5.69 Å². The molecule has 1 aromatic heterocycles. The van der Waals surface area contributed by atoms with Gasteiger partial charge in [0.1, 0.15) is 5.75 Å². The fourth-order valence-corrected chi connectivity index (χ4v) is 4.14. The molecule has 0 radical (unpaired) electrons. The average Bonchev–Trinajstić information content (AvgIpc) is 2.90. The zero-order valence-electron chi connectivity index (χ0n) is 19.4. The number of esters is 1. The van der Waals surface area contributed by atoms with Crippen molar-refractivity contribution >= 4 is 46.7 Å². The van der Waals surface area contributed by atoms with Crippen molar-refractivity contribution in [3.8, 4) is 30.4 Å². The van der Waals surface area contributed by atoms with Gasteiger partial charge in [-0.15, -0.1) is 12.8 Å². The van der Waals surface area contributed by atoms with Gasteiger partial charge in [0.15, 0.2) is 12.7 Å². The highest BCUT2D eigenvalue weighted by molar-refractivity contribution is 6.39. The van der Waals surface area contributed by atoms with Gasteiger partial charge in [0, 0.05) is 29.6 Å². The van der Waals surface area contributed by atoms with Gasteiger partial charge >= 0.3 is 5.97 Å². The fraction of sp³-hybridized carbons (Fsp3) is 0.259. The number of ether oxygens (including phenoxy) is 2. The smallest absolute Gasteiger partial charge is 0.335 e. The number of halogens is 2. The van der Waals surface area contributed by atoms with E-state index in [9.17, 15) is 14.4 Å². The highest BCUT2D eigenvalue weighted by Crippen LogP contribution is 2.39. The first-order chi connectivity index (χ1) is 17.3. The fourth-order valence-electron chi connectivity index (χ4n) is 3.63. The average molecular weight is 525 g/mol. The number of carbonyl (C=O) groups excluding carboxylic acids is 3. The monoisotopic (exact) mass is 524 g/mol. The van der Waals surface area contributed by atoms with E-state index in [2.05, 4.69) is 16.8 Å². The quantitative estimate of drug-likeness (QED) is 0.287. The van der Waals surface area contributed by atoms with Gasteiger partial charge in [0.05, 0.1) is 21.3 Å². The highest BCUT2D eigenvalue weighted by atomic mass is 35.5. The number of benzene rings is 1. The third-order valence-electron chi connectivity index (χ3n) is 5.35. The van der Waals surface area contributed by atoms with Crippen LogP contribution in [0.25, 0.3) is 0 Å². The standard InChI is InChI=1S/C27H22Cl2N2O5/c1-4-13-35-27(34)20-11-7-6-10-19(20)26(33)31(25(32)18-9-8-12-30-16-18)23-15-24(36-17(3)5-2)22(29)14-21(23)28/h1-2,8-9,12,14-17H,6-7,10-11,13H2,3H3. The molecule has 0 saturated heterocycles. The lowest BCUT2D eigenvalue weighted by Crippen LogP contribution is -2.39. The predicted octanol–water partition coefficient (Wildman–Crippen LogP) is 5.01. The van der Waals surface area contributed by atoms with Gasteiger partial charge in [0.25, 0.3) is 11.8 Å². The molecule has 0 saturated carbocycles. The Kier molecular flexibility index (Phi) is 9.13. The number of pyridine rings is 1. The normalized spacial score (nSPS) is 13.7. The lowest BCUT2D eigenvalue weighted by molar-refractivity contribution is -0.138. The number of hydrogen-bond acceptors (Lipinski definition) is 6. The van der Waals surface area contributed by atoms with Crippen molar-refractivity contribution in [3.63, 3.8) is 0 Å². The molecule has 1 atom stereocenters.